The fourth-order valence-electron chi connectivity index (χ4n) is 1.57. The standard InChI is InChI=1S/C11H15ClO.C2H6/c1-4-7(2)11-8(3)5-9(13)6-10(11)12;1-2/h5-7,13H,4H2,1-3H3;1-2H3. The van der Waals surface area contributed by atoms with Crippen molar-refractivity contribution in [2.75, 3.05) is 0 Å². The molecule has 0 bridgehead atoms. The Morgan fingerprint density at radius 3 is 2.27 bits per heavy atom. The number of aryl methyl sites for hydroxylation is 1. The van der Waals surface area contributed by atoms with E-state index < -0.39 is 0 Å². The molecular formula is C13H21ClO. The van der Waals surface area contributed by atoms with Crippen molar-refractivity contribution >= 4 is 11.6 Å². The van der Waals surface area contributed by atoms with Gasteiger partial charge < -0.3 is 5.11 Å². The average molecular weight is 229 g/mol. The highest BCUT2D eigenvalue weighted by Crippen LogP contribution is 2.32. The molecule has 0 spiro atoms. The lowest BCUT2D eigenvalue weighted by Crippen LogP contribution is -1.96. The molecule has 1 aromatic carbocycles. The summed E-state index contributed by atoms with van der Waals surface area (Å²) in [5.74, 6) is 0.697. The first kappa shape index (κ1) is 14.3. The topological polar surface area (TPSA) is 20.2 Å². The van der Waals surface area contributed by atoms with E-state index in [-0.39, 0.29) is 5.75 Å². The zero-order chi connectivity index (χ0) is 12.0. The number of rotatable bonds is 2. The first-order chi connectivity index (χ1) is 7.06. The van der Waals surface area contributed by atoms with Gasteiger partial charge in [0, 0.05) is 5.02 Å². The minimum absolute atomic E-state index is 0.245. The molecule has 0 saturated carbocycles. The molecule has 1 nitrogen and oxygen atoms in total. The van der Waals surface area contributed by atoms with Crippen LogP contribution in [0.2, 0.25) is 5.02 Å². The smallest absolute Gasteiger partial charge is 0.117 e. The van der Waals surface area contributed by atoms with Gasteiger partial charge in [-0.2, -0.15) is 0 Å². The van der Waals surface area contributed by atoms with Gasteiger partial charge in [0.05, 0.1) is 0 Å². The molecule has 1 atom stereocenters. The minimum atomic E-state index is 0.245. The molecule has 0 aliphatic heterocycles. The van der Waals surface area contributed by atoms with Crippen LogP contribution >= 0.6 is 11.6 Å². The van der Waals surface area contributed by atoms with Crippen LogP contribution in [-0.2, 0) is 0 Å². The fourth-order valence-corrected chi connectivity index (χ4v) is 2.01. The third-order valence-corrected chi connectivity index (χ3v) is 2.74. The van der Waals surface area contributed by atoms with Crippen LogP contribution in [0.1, 0.15) is 51.2 Å². The maximum Gasteiger partial charge on any atom is 0.117 e. The summed E-state index contributed by atoms with van der Waals surface area (Å²) in [4.78, 5) is 0. The molecule has 0 amide bonds. The molecule has 0 aliphatic rings. The van der Waals surface area contributed by atoms with Crippen LogP contribution in [0.25, 0.3) is 0 Å². The highest BCUT2D eigenvalue weighted by atomic mass is 35.5. The van der Waals surface area contributed by atoms with Gasteiger partial charge in [-0.15, -0.1) is 0 Å². The molecule has 86 valence electrons. The molecular weight excluding hydrogens is 208 g/mol. The summed E-state index contributed by atoms with van der Waals surface area (Å²) in [7, 11) is 0. The monoisotopic (exact) mass is 228 g/mol. The fraction of sp³-hybridized carbons (Fsp3) is 0.538. The van der Waals surface area contributed by atoms with E-state index >= 15 is 0 Å². The molecule has 2 heteroatoms. The van der Waals surface area contributed by atoms with E-state index in [0.29, 0.717) is 10.9 Å². The van der Waals surface area contributed by atoms with Crippen molar-refractivity contribution in [3.8, 4) is 5.75 Å². The number of aromatic hydroxyl groups is 1. The van der Waals surface area contributed by atoms with Crippen molar-refractivity contribution < 1.29 is 5.11 Å². The van der Waals surface area contributed by atoms with Crippen LogP contribution in [0.5, 0.6) is 5.75 Å². The predicted molar refractivity (Wildman–Crippen MR) is 67.9 cm³/mol. The number of hydrogen-bond acceptors (Lipinski definition) is 1. The molecule has 1 rings (SSSR count). The van der Waals surface area contributed by atoms with Gasteiger partial charge in [-0.3, -0.25) is 0 Å². The van der Waals surface area contributed by atoms with Crippen molar-refractivity contribution in [2.45, 2.75) is 47.0 Å². The zero-order valence-electron chi connectivity index (χ0n) is 10.3. The molecule has 0 heterocycles. The minimum Gasteiger partial charge on any atom is -0.508 e. The van der Waals surface area contributed by atoms with E-state index in [2.05, 4.69) is 13.8 Å². The van der Waals surface area contributed by atoms with Gasteiger partial charge in [-0.25, -0.2) is 0 Å². The summed E-state index contributed by atoms with van der Waals surface area (Å²) in [5, 5.41) is 9.96. The van der Waals surface area contributed by atoms with Gasteiger partial charge in [0.15, 0.2) is 0 Å². The van der Waals surface area contributed by atoms with Gasteiger partial charge in [0.25, 0.3) is 0 Å². The van der Waals surface area contributed by atoms with Gasteiger partial charge >= 0.3 is 0 Å². The van der Waals surface area contributed by atoms with Crippen molar-refractivity contribution in [1.82, 2.24) is 0 Å². The average Bonchev–Trinajstić information content (AvgIpc) is 2.19. The van der Waals surface area contributed by atoms with Gasteiger partial charge in [0.2, 0.25) is 0 Å². The first-order valence-corrected chi connectivity index (χ1v) is 5.93. The number of hydrogen-bond donors (Lipinski definition) is 1. The van der Waals surface area contributed by atoms with Crippen LogP contribution in [0, 0.1) is 6.92 Å². The largest absolute Gasteiger partial charge is 0.508 e. The summed E-state index contributed by atoms with van der Waals surface area (Å²) in [5.41, 5.74) is 2.22. The third-order valence-electron chi connectivity index (χ3n) is 2.43. The number of halogens is 1. The molecule has 0 fully saturated rings. The SMILES string of the molecule is CC.CCC(C)c1c(C)cc(O)cc1Cl. The second kappa shape index (κ2) is 6.73. The van der Waals surface area contributed by atoms with E-state index in [1.807, 2.05) is 20.8 Å². The summed E-state index contributed by atoms with van der Waals surface area (Å²) in [6, 6.07) is 3.36. The Morgan fingerprint density at radius 1 is 1.33 bits per heavy atom. The molecule has 0 radical (unpaired) electrons. The summed E-state index contributed by atoms with van der Waals surface area (Å²) >= 11 is 6.05. The molecule has 1 unspecified atom stereocenters. The van der Waals surface area contributed by atoms with Gasteiger partial charge in [0.1, 0.15) is 5.75 Å². The Hall–Kier alpha value is -0.690. The van der Waals surface area contributed by atoms with Crippen LogP contribution in [0.3, 0.4) is 0 Å². The summed E-state index contributed by atoms with van der Waals surface area (Å²) in [6.45, 7) is 10.3. The van der Waals surface area contributed by atoms with Gasteiger partial charge in [-0.1, -0.05) is 39.3 Å². The van der Waals surface area contributed by atoms with Crippen LogP contribution in [-0.4, -0.2) is 5.11 Å². The normalized spacial score (nSPS) is 11.6. The maximum absolute atomic E-state index is 9.29. The van der Waals surface area contributed by atoms with Crippen molar-refractivity contribution in [2.24, 2.45) is 0 Å². The zero-order valence-corrected chi connectivity index (χ0v) is 11.0. The lowest BCUT2D eigenvalue weighted by atomic mass is 9.94. The van der Waals surface area contributed by atoms with E-state index in [4.69, 9.17) is 11.6 Å². The van der Waals surface area contributed by atoms with E-state index in [9.17, 15) is 5.11 Å². The van der Waals surface area contributed by atoms with Crippen molar-refractivity contribution in [3.63, 3.8) is 0 Å². The molecule has 0 aromatic heterocycles. The van der Waals surface area contributed by atoms with Gasteiger partial charge in [-0.05, 0) is 42.5 Å². The maximum atomic E-state index is 9.29. The quantitative estimate of drug-likeness (QED) is 0.764. The second-order valence-electron chi connectivity index (χ2n) is 3.47. The lowest BCUT2D eigenvalue weighted by molar-refractivity contribution is 0.474. The van der Waals surface area contributed by atoms with E-state index in [1.165, 1.54) is 0 Å². The highest BCUT2D eigenvalue weighted by molar-refractivity contribution is 6.31. The number of benzene rings is 1. The Kier molecular flexibility index (Phi) is 6.42. The van der Waals surface area contributed by atoms with E-state index in [0.717, 1.165) is 17.5 Å². The first-order valence-electron chi connectivity index (χ1n) is 5.55. The molecule has 15 heavy (non-hydrogen) atoms. The lowest BCUT2D eigenvalue weighted by Gasteiger charge is -2.14. The Bertz CT molecular complexity index is 284. The van der Waals surface area contributed by atoms with Crippen molar-refractivity contribution in [1.29, 1.82) is 0 Å². The van der Waals surface area contributed by atoms with Crippen LogP contribution < -0.4 is 0 Å². The number of phenols is 1. The van der Waals surface area contributed by atoms with Crippen molar-refractivity contribution in [3.05, 3.63) is 28.3 Å². The second-order valence-corrected chi connectivity index (χ2v) is 3.87. The predicted octanol–water partition coefficient (Wildman–Crippen LogP) is 4.89. The molecule has 0 aliphatic carbocycles. The Balaban J connectivity index is 0.000000921. The molecule has 1 aromatic rings. The van der Waals surface area contributed by atoms with E-state index in [1.54, 1.807) is 12.1 Å². The molecule has 0 saturated heterocycles. The summed E-state index contributed by atoms with van der Waals surface area (Å²) in [6.07, 6.45) is 1.06. The Morgan fingerprint density at radius 2 is 1.87 bits per heavy atom. The number of phenolic OH excluding ortho intramolecular Hbond substituents is 1. The van der Waals surface area contributed by atoms with Crippen LogP contribution in [0.4, 0.5) is 0 Å². The summed E-state index contributed by atoms with van der Waals surface area (Å²) < 4.78 is 0. The highest BCUT2D eigenvalue weighted by Gasteiger charge is 2.11. The Labute approximate surface area is 98.1 Å². The van der Waals surface area contributed by atoms with Crippen LogP contribution in [0.15, 0.2) is 12.1 Å². The molecule has 1 N–H and O–H groups in total. The third kappa shape index (κ3) is 3.75.